The summed E-state index contributed by atoms with van der Waals surface area (Å²) in [4.78, 5) is 8.06. The molecule has 0 aliphatic heterocycles. The zero-order chi connectivity index (χ0) is 14.4. The molecular weight excluding hydrogens is 332 g/mol. The molecule has 3 heterocycles. The molecule has 0 saturated heterocycles. The molecule has 2 nitrogen and oxygen atoms in total. The molecule has 0 fully saturated rings. The van der Waals surface area contributed by atoms with Gasteiger partial charge in [0.1, 0.15) is 0 Å². The monoisotopic (exact) mass is 348 g/mol. The Kier molecular flexibility index (Phi) is 3.46. The number of nitrogens with zero attached hydrogens (tertiary/aromatic N) is 1. The Hall–Kier alpha value is -1.13. The lowest BCUT2D eigenvalue weighted by molar-refractivity contribution is 0.879. The number of aromatic nitrogens is 2. The van der Waals surface area contributed by atoms with Crippen molar-refractivity contribution < 1.29 is 0 Å². The van der Waals surface area contributed by atoms with E-state index in [-0.39, 0.29) is 0 Å². The molecule has 4 heteroatoms. The minimum Gasteiger partial charge on any atom is -0.354 e. The Balaban J connectivity index is 2.29. The largest absolute Gasteiger partial charge is 0.354 e. The molecule has 0 atom stereocenters. The molecule has 0 radical (unpaired) electrons. The lowest BCUT2D eigenvalue weighted by Crippen LogP contribution is -1.93. The molecule has 0 bridgehead atoms. The Morgan fingerprint density at radius 3 is 2.40 bits per heavy atom. The number of nitrogens with one attached hydrogen (secondary N) is 1. The maximum Gasteiger partial charge on any atom is 0.0726 e. The van der Waals surface area contributed by atoms with E-state index in [4.69, 9.17) is 0 Å². The van der Waals surface area contributed by atoms with Crippen molar-refractivity contribution >= 4 is 37.5 Å². The Labute approximate surface area is 131 Å². The molecule has 0 amide bonds. The van der Waals surface area contributed by atoms with Gasteiger partial charge in [-0.25, -0.2) is 0 Å². The minimum atomic E-state index is 0.484. The van der Waals surface area contributed by atoms with Gasteiger partial charge >= 0.3 is 0 Å². The zero-order valence-corrected chi connectivity index (χ0v) is 14.4. The number of pyridine rings is 1. The quantitative estimate of drug-likeness (QED) is 0.623. The van der Waals surface area contributed by atoms with Crippen molar-refractivity contribution in [3.05, 3.63) is 38.9 Å². The molecule has 0 spiro atoms. The molecule has 1 N–H and O–H groups in total. The first kappa shape index (κ1) is 13.8. The Morgan fingerprint density at radius 1 is 1.15 bits per heavy atom. The first-order chi connectivity index (χ1) is 9.45. The molecule has 0 saturated carbocycles. The summed E-state index contributed by atoms with van der Waals surface area (Å²) < 4.78 is 2.53. The van der Waals surface area contributed by atoms with Crippen LogP contribution in [0.5, 0.6) is 0 Å². The normalized spacial score (nSPS) is 11.7. The number of thiophene rings is 1. The number of aromatic amines is 1. The third-order valence-electron chi connectivity index (χ3n) is 3.42. The van der Waals surface area contributed by atoms with Crippen LogP contribution in [-0.4, -0.2) is 9.97 Å². The number of hydrogen-bond acceptors (Lipinski definition) is 2. The summed E-state index contributed by atoms with van der Waals surface area (Å²) in [6.07, 6.45) is 0. The molecule has 0 aromatic carbocycles. The highest BCUT2D eigenvalue weighted by Crippen LogP contribution is 2.41. The van der Waals surface area contributed by atoms with Crippen molar-refractivity contribution in [1.82, 2.24) is 9.97 Å². The predicted octanol–water partition coefficient (Wildman–Crippen LogP) is 5.79. The molecule has 20 heavy (non-hydrogen) atoms. The van der Waals surface area contributed by atoms with Crippen LogP contribution in [-0.2, 0) is 0 Å². The van der Waals surface area contributed by atoms with Gasteiger partial charge in [-0.15, -0.1) is 11.3 Å². The van der Waals surface area contributed by atoms with Crippen molar-refractivity contribution in [1.29, 1.82) is 0 Å². The van der Waals surface area contributed by atoms with E-state index >= 15 is 0 Å². The maximum atomic E-state index is 4.47. The summed E-state index contributed by atoms with van der Waals surface area (Å²) in [6.45, 7) is 8.60. The van der Waals surface area contributed by atoms with Crippen LogP contribution in [0.3, 0.4) is 0 Å². The standard InChI is InChI=1S/C16H17BrN2S/c1-8(2)14-15(11-5-9(3)18-10(4)6-11)19-12-7-13(17)20-16(12)14/h5-8,19H,1-4H3. The maximum absolute atomic E-state index is 4.47. The minimum absolute atomic E-state index is 0.484. The van der Waals surface area contributed by atoms with Crippen LogP contribution < -0.4 is 0 Å². The van der Waals surface area contributed by atoms with Crippen LogP contribution >= 0.6 is 27.3 Å². The van der Waals surface area contributed by atoms with Crippen LogP contribution in [0.15, 0.2) is 22.0 Å². The van der Waals surface area contributed by atoms with E-state index in [0.29, 0.717) is 5.92 Å². The van der Waals surface area contributed by atoms with Gasteiger partial charge in [0.15, 0.2) is 0 Å². The van der Waals surface area contributed by atoms with E-state index in [1.807, 2.05) is 13.8 Å². The van der Waals surface area contributed by atoms with E-state index in [1.165, 1.54) is 30.8 Å². The predicted molar refractivity (Wildman–Crippen MR) is 90.7 cm³/mol. The molecule has 3 aromatic rings. The van der Waals surface area contributed by atoms with E-state index in [1.54, 1.807) is 11.3 Å². The van der Waals surface area contributed by atoms with Crippen molar-refractivity contribution in [2.24, 2.45) is 0 Å². The van der Waals surface area contributed by atoms with Gasteiger partial charge in [-0.05, 0) is 59.5 Å². The fourth-order valence-electron chi connectivity index (χ4n) is 2.73. The number of aryl methyl sites for hydroxylation is 2. The van der Waals surface area contributed by atoms with E-state index < -0.39 is 0 Å². The highest BCUT2D eigenvalue weighted by atomic mass is 79.9. The van der Waals surface area contributed by atoms with Crippen LogP contribution in [0.4, 0.5) is 0 Å². The van der Waals surface area contributed by atoms with E-state index in [2.05, 4.69) is 57.9 Å². The van der Waals surface area contributed by atoms with Gasteiger partial charge in [0, 0.05) is 17.0 Å². The third-order valence-corrected chi connectivity index (χ3v) is 5.09. The van der Waals surface area contributed by atoms with Gasteiger partial charge in [0.05, 0.1) is 19.7 Å². The molecule has 0 aliphatic carbocycles. The molecule has 0 aliphatic rings. The number of rotatable bonds is 2. The SMILES string of the molecule is Cc1cc(-c2[nH]c3cc(Br)sc3c2C(C)C)cc(C)n1. The van der Waals surface area contributed by atoms with Gasteiger partial charge in [0.2, 0.25) is 0 Å². The van der Waals surface area contributed by atoms with Crippen LogP contribution in [0.2, 0.25) is 0 Å². The van der Waals surface area contributed by atoms with Crippen molar-refractivity contribution in [3.8, 4) is 11.3 Å². The number of halogens is 1. The zero-order valence-electron chi connectivity index (χ0n) is 12.0. The van der Waals surface area contributed by atoms with Gasteiger partial charge in [-0.2, -0.15) is 0 Å². The average molecular weight is 349 g/mol. The fourth-order valence-corrected chi connectivity index (χ4v) is 4.48. The van der Waals surface area contributed by atoms with Crippen LogP contribution in [0.25, 0.3) is 21.5 Å². The molecule has 3 rings (SSSR count). The van der Waals surface area contributed by atoms with Crippen LogP contribution in [0.1, 0.15) is 36.7 Å². The molecule has 104 valence electrons. The lowest BCUT2D eigenvalue weighted by atomic mass is 9.99. The second-order valence-electron chi connectivity index (χ2n) is 5.50. The number of fused-ring (bicyclic) bond motifs is 1. The van der Waals surface area contributed by atoms with Crippen LogP contribution in [0, 0.1) is 13.8 Å². The third kappa shape index (κ3) is 2.31. The summed E-state index contributed by atoms with van der Waals surface area (Å²) >= 11 is 5.38. The smallest absolute Gasteiger partial charge is 0.0726 e. The highest BCUT2D eigenvalue weighted by molar-refractivity contribution is 9.11. The topological polar surface area (TPSA) is 28.7 Å². The molecule has 0 unspecified atom stereocenters. The Bertz CT molecular complexity index is 763. The van der Waals surface area contributed by atoms with Gasteiger partial charge < -0.3 is 4.98 Å². The number of hydrogen-bond donors (Lipinski definition) is 1. The Morgan fingerprint density at radius 2 is 1.80 bits per heavy atom. The van der Waals surface area contributed by atoms with Crippen molar-refractivity contribution in [3.63, 3.8) is 0 Å². The summed E-state index contributed by atoms with van der Waals surface area (Å²) in [5.74, 6) is 0.484. The van der Waals surface area contributed by atoms with E-state index in [9.17, 15) is 0 Å². The first-order valence-corrected chi connectivity index (χ1v) is 8.33. The fraction of sp³-hybridized carbons (Fsp3) is 0.312. The molecule has 3 aromatic heterocycles. The summed E-state index contributed by atoms with van der Waals surface area (Å²) in [7, 11) is 0. The van der Waals surface area contributed by atoms with Gasteiger partial charge in [0.25, 0.3) is 0 Å². The van der Waals surface area contributed by atoms with Crippen molar-refractivity contribution in [2.45, 2.75) is 33.6 Å². The molecular formula is C16H17BrN2S. The summed E-state index contributed by atoms with van der Waals surface area (Å²) in [5, 5.41) is 0. The van der Waals surface area contributed by atoms with Gasteiger partial charge in [-0.1, -0.05) is 13.8 Å². The second kappa shape index (κ2) is 5.01. The number of H-pyrrole nitrogens is 1. The van der Waals surface area contributed by atoms with Gasteiger partial charge in [-0.3, -0.25) is 4.98 Å². The highest BCUT2D eigenvalue weighted by Gasteiger charge is 2.18. The summed E-state index contributed by atoms with van der Waals surface area (Å²) in [5.41, 5.74) is 7.22. The second-order valence-corrected chi connectivity index (χ2v) is 7.93. The van der Waals surface area contributed by atoms with Crippen molar-refractivity contribution in [2.75, 3.05) is 0 Å². The lowest BCUT2D eigenvalue weighted by Gasteiger charge is -2.09. The average Bonchev–Trinajstić information content (AvgIpc) is 2.82. The first-order valence-electron chi connectivity index (χ1n) is 6.72. The summed E-state index contributed by atoms with van der Waals surface area (Å²) in [6, 6.07) is 6.48. The van der Waals surface area contributed by atoms with E-state index in [0.717, 1.165) is 11.4 Å².